The summed E-state index contributed by atoms with van der Waals surface area (Å²) in [6, 6.07) is 26.6. The van der Waals surface area contributed by atoms with Gasteiger partial charge in [-0.2, -0.15) is 0 Å². The summed E-state index contributed by atoms with van der Waals surface area (Å²) >= 11 is 0. The van der Waals surface area contributed by atoms with Crippen LogP contribution in [-0.4, -0.2) is 126 Å². The number of hydrogen-bond donors (Lipinski definition) is 5. The fourth-order valence-electron chi connectivity index (χ4n) is 9.11. The van der Waals surface area contributed by atoms with Crippen molar-refractivity contribution in [2.75, 3.05) is 19.8 Å². The molecule has 2 saturated heterocycles. The zero-order valence-electron chi connectivity index (χ0n) is 40.0. The van der Waals surface area contributed by atoms with Gasteiger partial charge in [0.25, 0.3) is 0 Å². The van der Waals surface area contributed by atoms with E-state index in [1.54, 1.807) is 0 Å². The minimum absolute atomic E-state index is 0.0100. The van der Waals surface area contributed by atoms with Crippen LogP contribution in [0.2, 0.25) is 0 Å². The lowest BCUT2D eigenvalue weighted by atomic mass is 9.76. The van der Waals surface area contributed by atoms with Crippen LogP contribution in [0.1, 0.15) is 68.6 Å². The van der Waals surface area contributed by atoms with Crippen molar-refractivity contribution in [1.82, 2.24) is 0 Å². The summed E-state index contributed by atoms with van der Waals surface area (Å²) in [6.07, 6.45) is -13.0. The second-order valence-corrected chi connectivity index (χ2v) is 17.9. The molecular formula is C47H64N14O11. The molecule has 6 rings (SSSR count). The zero-order chi connectivity index (χ0) is 51.4. The number of nitrogens with zero attached hydrogens (tertiary/aromatic N) is 12. The Morgan fingerprint density at radius 1 is 0.597 bits per heavy atom. The van der Waals surface area contributed by atoms with Crippen molar-refractivity contribution in [2.24, 2.45) is 31.9 Å². The van der Waals surface area contributed by atoms with Crippen LogP contribution >= 0.6 is 0 Å². The summed E-state index contributed by atoms with van der Waals surface area (Å²) in [7, 11) is 0. The van der Waals surface area contributed by atoms with Crippen LogP contribution in [0.15, 0.2) is 111 Å². The third kappa shape index (κ3) is 14.8. The number of azide groups is 4. The Labute approximate surface area is 416 Å². The van der Waals surface area contributed by atoms with E-state index in [9.17, 15) is 31.9 Å². The van der Waals surface area contributed by atoms with Gasteiger partial charge in [0.1, 0.15) is 66.2 Å². The summed E-state index contributed by atoms with van der Waals surface area (Å²) in [5.41, 5.74) is 49.7. The predicted molar refractivity (Wildman–Crippen MR) is 258 cm³/mol. The van der Waals surface area contributed by atoms with Gasteiger partial charge in [0.2, 0.25) is 0 Å². The largest absolute Gasteiger partial charge is 0.390 e. The highest BCUT2D eigenvalue weighted by Gasteiger charge is 2.62. The molecule has 0 radical (unpaired) electrons. The molecule has 3 fully saturated rings. The van der Waals surface area contributed by atoms with Gasteiger partial charge in [-0.25, -0.2) is 0 Å². The van der Waals surface area contributed by atoms with E-state index >= 15 is 0 Å². The Bertz CT molecular complexity index is 2310. The minimum Gasteiger partial charge on any atom is -0.390 e. The highest BCUT2D eigenvalue weighted by molar-refractivity contribution is 5.17. The fourth-order valence-corrected chi connectivity index (χ4v) is 9.11. The molecule has 1 aliphatic carbocycles. The van der Waals surface area contributed by atoms with E-state index in [1.165, 1.54) is 0 Å². The van der Waals surface area contributed by atoms with Crippen LogP contribution in [0.4, 0.5) is 0 Å². The average molecular weight is 1000 g/mol. The van der Waals surface area contributed by atoms with E-state index in [2.05, 4.69) is 47.0 Å². The van der Waals surface area contributed by atoms with Crippen LogP contribution < -0.4 is 11.5 Å². The third-order valence-electron chi connectivity index (χ3n) is 12.7. The van der Waals surface area contributed by atoms with Crippen molar-refractivity contribution < 1.29 is 53.2 Å². The molecule has 388 valence electrons. The van der Waals surface area contributed by atoms with E-state index in [4.69, 9.17) is 54.9 Å². The molecule has 1 saturated carbocycles. The van der Waals surface area contributed by atoms with E-state index in [0.717, 1.165) is 55.2 Å². The van der Waals surface area contributed by atoms with Crippen molar-refractivity contribution in [3.63, 3.8) is 0 Å². The average Bonchev–Trinajstić information content (AvgIpc) is 3.38. The molecule has 25 heteroatoms. The molecule has 3 aromatic carbocycles. The predicted octanol–water partition coefficient (Wildman–Crippen LogP) is 6.75. The SMILES string of the molecule is CCCCCCCCO[C@H]1[C@H](OCc2ccccc2)[C@@H](OCc2ccccc2)[C@@H](O[C@@H]2[C@@H](O)[C@H](O[C@H]3O[C@H](CN=[N+]=[N-])[C@@H](O)[C@H](O)[C@H]3N=[N+]=[N-])[C@](N)(N=[N+]=[N-])C[C@]2(N)N=[N+]=[N-])O[C@@H]1COCc1ccccc1. The highest BCUT2D eigenvalue weighted by Crippen LogP contribution is 2.43. The maximum absolute atomic E-state index is 12.6. The van der Waals surface area contributed by atoms with Gasteiger partial charge < -0.3 is 64.7 Å². The molecule has 0 unspecified atom stereocenters. The second-order valence-electron chi connectivity index (χ2n) is 17.9. The fraction of sp³-hybridized carbons (Fsp3) is 0.617. The quantitative estimate of drug-likeness (QED) is 0.0229. The lowest BCUT2D eigenvalue weighted by Crippen LogP contribution is -2.75. The Hall–Kier alpha value is -5.62. The molecule has 3 aromatic rings. The first-order chi connectivity index (χ1) is 35.0. The monoisotopic (exact) mass is 1000 g/mol. The number of aliphatic hydroxyl groups is 3. The Morgan fingerprint density at radius 3 is 1.68 bits per heavy atom. The lowest BCUT2D eigenvalue weighted by molar-refractivity contribution is -0.355. The number of aliphatic hydroxyl groups excluding tert-OH is 3. The second kappa shape index (κ2) is 28.0. The van der Waals surface area contributed by atoms with Crippen molar-refractivity contribution in [3.8, 4) is 0 Å². The maximum atomic E-state index is 12.6. The molecule has 2 aliphatic heterocycles. The standard InChI is InChI=1S/C47H64N14O11/c1-2-3-4-5-6-16-23-66-39-34(28-65-25-30-17-10-7-11-18-30)70-45(41(68-27-32-21-14-9-15-22-32)40(39)67-26-31-19-12-8-13-20-31)72-43-38(64)42(46(48,56-60-52)29-47(43,49)57-61-53)71-44-35(55-59-51)37(63)36(62)33(69-44)24-54-58-50/h7-15,17-22,33-45,62-64H,2-6,16,23-29,48-49H2,1H3/t33-,34-,35-,36-,37-,38+,39-,40+,41-,42+,43-,44-,45-,46-,47+/m1/s1. The van der Waals surface area contributed by atoms with E-state index < -0.39 is 104 Å². The van der Waals surface area contributed by atoms with Gasteiger partial charge in [-0.3, -0.25) is 0 Å². The van der Waals surface area contributed by atoms with Gasteiger partial charge in [0.05, 0.1) is 45.2 Å². The number of benzene rings is 3. The van der Waals surface area contributed by atoms with Gasteiger partial charge in [-0.1, -0.05) is 150 Å². The van der Waals surface area contributed by atoms with E-state index in [-0.39, 0.29) is 26.4 Å². The molecule has 15 atom stereocenters. The summed E-state index contributed by atoms with van der Waals surface area (Å²) in [5, 5.41) is 49.1. The first kappa shape index (κ1) is 55.7. The molecule has 25 nitrogen and oxygen atoms in total. The summed E-state index contributed by atoms with van der Waals surface area (Å²) in [4.78, 5) is 11.3. The van der Waals surface area contributed by atoms with Crippen molar-refractivity contribution in [2.45, 2.75) is 163 Å². The van der Waals surface area contributed by atoms with Crippen molar-refractivity contribution >= 4 is 0 Å². The molecule has 0 aromatic heterocycles. The molecule has 3 aliphatic rings. The maximum Gasteiger partial charge on any atom is 0.187 e. The first-order valence-electron chi connectivity index (χ1n) is 23.9. The molecule has 0 bridgehead atoms. The number of ether oxygens (including phenoxy) is 8. The molecule has 0 spiro atoms. The van der Waals surface area contributed by atoms with Crippen molar-refractivity contribution in [1.29, 1.82) is 0 Å². The van der Waals surface area contributed by atoms with Crippen LogP contribution in [-0.2, 0) is 57.7 Å². The summed E-state index contributed by atoms with van der Waals surface area (Å²) < 4.78 is 52.4. The minimum atomic E-state index is -2.39. The molecule has 0 amide bonds. The van der Waals surface area contributed by atoms with E-state index in [1.807, 2.05) is 91.0 Å². The van der Waals surface area contributed by atoms with Crippen LogP contribution in [0.5, 0.6) is 0 Å². The van der Waals surface area contributed by atoms with E-state index in [0.29, 0.717) is 6.61 Å². The highest BCUT2D eigenvalue weighted by atomic mass is 16.7. The van der Waals surface area contributed by atoms with Gasteiger partial charge in [0, 0.05) is 32.7 Å². The number of hydrogen-bond acceptors (Lipinski definition) is 17. The topological polar surface area (TPSA) is 382 Å². The van der Waals surface area contributed by atoms with Gasteiger partial charge in [0.15, 0.2) is 12.6 Å². The van der Waals surface area contributed by atoms with Crippen LogP contribution in [0.3, 0.4) is 0 Å². The molecule has 7 N–H and O–H groups in total. The van der Waals surface area contributed by atoms with Gasteiger partial charge in [-0.05, 0) is 45.2 Å². The summed E-state index contributed by atoms with van der Waals surface area (Å²) in [5.74, 6) is 0. The number of unbranched alkanes of at least 4 members (excludes halogenated alkanes) is 5. The first-order valence-corrected chi connectivity index (χ1v) is 23.9. The Kier molecular flexibility index (Phi) is 21.7. The smallest absolute Gasteiger partial charge is 0.187 e. The van der Waals surface area contributed by atoms with Gasteiger partial charge >= 0.3 is 0 Å². The van der Waals surface area contributed by atoms with Crippen molar-refractivity contribution in [3.05, 3.63) is 149 Å². The number of rotatable bonds is 27. The summed E-state index contributed by atoms with van der Waals surface area (Å²) in [6.45, 7) is 2.24. The Morgan fingerprint density at radius 2 is 1.12 bits per heavy atom. The van der Waals surface area contributed by atoms with Crippen LogP contribution in [0.25, 0.3) is 41.8 Å². The number of nitrogens with two attached hydrogens (primary N) is 2. The molecule has 72 heavy (non-hydrogen) atoms. The third-order valence-corrected chi connectivity index (χ3v) is 12.7. The van der Waals surface area contributed by atoms with Gasteiger partial charge in [-0.15, -0.1) is 0 Å². The molecular weight excluding hydrogens is 937 g/mol. The molecule has 2 heterocycles. The lowest BCUT2D eigenvalue weighted by Gasteiger charge is -2.54. The normalized spacial score (nSPS) is 32.3. The Balaban J connectivity index is 1.42. The van der Waals surface area contributed by atoms with Crippen LogP contribution in [0, 0.1) is 0 Å². The zero-order valence-corrected chi connectivity index (χ0v) is 40.0.